The zero-order valence-corrected chi connectivity index (χ0v) is 14.2. The van der Waals surface area contributed by atoms with Gasteiger partial charge >= 0.3 is 0 Å². The zero-order valence-electron chi connectivity index (χ0n) is 14.2. The monoisotopic (exact) mass is 319 g/mol. The fourth-order valence-corrected chi connectivity index (χ4v) is 2.52. The molecule has 0 radical (unpaired) electrons. The molecule has 2 aromatic carbocycles. The minimum Gasteiger partial charge on any atom is -0.339 e. The van der Waals surface area contributed by atoms with Crippen LogP contribution in [0.4, 0.5) is 23.1 Å². The van der Waals surface area contributed by atoms with E-state index in [0.717, 1.165) is 23.5 Å². The first-order valence-electron chi connectivity index (χ1n) is 8.04. The maximum absolute atomic E-state index is 4.63. The van der Waals surface area contributed by atoms with Gasteiger partial charge in [-0.3, -0.25) is 0 Å². The van der Waals surface area contributed by atoms with Crippen molar-refractivity contribution in [2.24, 2.45) is 0 Å². The number of benzene rings is 2. The summed E-state index contributed by atoms with van der Waals surface area (Å²) in [6.07, 6.45) is 1.64. The van der Waals surface area contributed by atoms with Gasteiger partial charge in [0, 0.05) is 17.9 Å². The lowest BCUT2D eigenvalue weighted by molar-refractivity contribution is 0.887. The Morgan fingerprint density at radius 3 is 2.58 bits per heavy atom. The Hall–Kier alpha value is -2.95. The minimum atomic E-state index is 0.582. The average Bonchev–Trinajstić information content (AvgIpc) is 2.60. The number of anilines is 4. The Bertz CT molecular complexity index is 817. The lowest BCUT2D eigenvalue weighted by Crippen LogP contribution is -2.19. The summed E-state index contributed by atoms with van der Waals surface area (Å²) in [5.74, 6) is 1.27. The van der Waals surface area contributed by atoms with E-state index in [-0.39, 0.29) is 0 Å². The largest absolute Gasteiger partial charge is 0.339 e. The Balaban J connectivity index is 1.90. The summed E-state index contributed by atoms with van der Waals surface area (Å²) in [7, 11) is 0. The molecule has 24 heavy (non-hydrogen) atoms. The second kappa shape index (κ2) is 7.08. The number of aromatic nitrogens is 3. The van der Waals surface area contributed by atoms with E-state index in [1.807, 2.05) is 35.2 Å². The molecule has 1 N–H and O–H groups in total. The second-order valence-corrected chi connectivity index (χ2v) is 5.66. The quantitative estimate of drug-likeness (QED) is 0.756. The maximum Gasteiger partial charge on any atom is 0.251 e. The normalized spacial score (nSPS) is 10.5. The molecule has 1 aromatic heterocycles. The van der Waals surface area contributed by atoms with Gasteiger partial charge in [0.1, 0.15) is 0 Å². The minimum absolute atomic E-state index is 0.582. The van der Waals surface area contributed by atoms with Gasteiger partial charge in [-0.25, -0.2) is 0 Å². The van der Waals surface area contributed by atoms with Gasteiger partial charge < -0.3 is 10.2 Å². The molecular formula is C19H21N5. The number of rotatable bonds is 5. The van der Waals surface area contributed by atoms with Crippen molar-refractivity contribution in [2.45, 2.75) is 20.8 Å². The number of nitrogens with zero attached hydrogens (tertiary/aromatic N) is 4. The molecule has 0 aliphatic rings. The van der Waals surface area contributed by atoms with E-state index in [1.54, 1.807) is 6.20 Å². The van der Waals surface area contributed by atoms with Crippen LogP contribution in [0.5, 0.6) is 0 Å². The predicted molar refractivity (Wildman–Crippen MR) is 98.1 cm³/mol. The first kappa shape index (κ1) is 15.9. The molecule has 0 amide bonds. The van der Waals surface area contributed by atoms with Gasteiger partial charge in [-0.2, -0.15) is 10.1 Å². The first-order chi connectivity index (χ1) is 11.7. The van der Waals surface area contributed by atoms with Gasteiger partial charge in [0.25, 0.3) is 5.95 Å². The van der Waals surface area contributed by atoms with Crippen molar-refractivity contribution in [3.63, 3.8) is 0 Å². The molecule has 5 heteroatoms. The predicted octanol–water partition coefficient (Wildman–Crippen LogP) is 4.39. The van der Waals surface area contributed by atoms with Crippen molar-refractivity contribution in [1.82, 2.24) is 15.2 Å². The standard InChI is InChI=1S/C19H21N5/c1-4-24(16-8-6-5-7-9-16)19-22-18(13-20-23-19)21-17-12-14(2)10-11-15(17)3/h5-13H,4H2,1-3H3,(H,21,22,23). The highest BCUT2D eigenvalue weighted by atomic mass is 15.3. The van der Waals surface area contributed by atoms with Crippen LogP contribution in [0.15, 0.2) is 54.7 Å². The second-order valence-electron chi connectivity index (χ2n) is 5.66. The number of nitrogens with one attached hydrogen (secondary N) is 1. The van der Waals surface area contributed by atoms with E-state index in [4.69, 9.17) is 0 Å². The number of aryl methyl sites for hydroxylation is 2. The average molecular weight is 319 g/mol. The molecule has 3 aromatic rings. The Morgan fingerprint density at radius 2 is 1.83 bits per heavy atom. The summed E-state index contributed by atoms with van der Waals surface area (Å²) in [4.78, 5) is 6.66. The molecule has 1 heterocycles. The van der Waals surface area contributed by atoms with Gasteiger partial charge in [-0.1, -0.05) is 30.3 Å². The lowest BCUT2D eigenvalue weighted by atomic mass is 10.1. The topological polar surface area (TPSA) is 53.9 Å². The third-order valence-electron chi connectivity index (χ3n) is 3.83. The van der Waals surface area contributed by atoms with Crippen molar-refractivity contribution in [1.29, 1.82) is 0 Å². The summed E-state index contributed by atoms with van der Waals surface area (Å²) in [6.45, 7) is 6.97. The van der Waals surface area contributed by atoms with Crippen LogP contribution in [-0.4, -0.2) is 21.7 Å². The van der Waals surface area contributed by atoms with Crippen molar-refractivity contribution < 1.29 is 0 Å². The molecule has 0 saturated heterocycles. The fraction of sp³-hybridized carbons (Fsp3) is 0.211. The van der Waals surface area contributed by atoms with E-state index in [1.165, 1.54) is 5.56 Å². The molecule has 0 fully saturated rings. The molecule has 0 aliphatic carbocycles. The summed E-state index contributed by atoms with van der Waals surface area (Å²) in [6, 6.07) is 16.4. The molecule has 5 nitrogen and oxygen atoms in total. The number of hydrogen-bond donors (Lipinski definition) is 1. The molecule has 122 valence electrons. The molecule has 3 rings (SSSR count). The van der Waals surface area contributed by atoms with Gasteiger partial charge in [-0.05, 0) is 50.1 Å². The molecular weight excluding hydrogens is 298 g/mol. The van der Waals surface area contributed by atoms with Crippen molar-refractivity contribution in [3.8, 4) is 0 Å². The van der Waals surface area contributed by atoms with E-state index < -0.39 is 0 Å². The van der Waals surface area contributed by atoms with E-state index in [2.05, 4.69) is 59.5 Å². The molecule has 0 aliphatic heterocycles. The first-order valence-corrected chi connectivity index (χ1v) is 8.04. The Morgan fingerprint density at radius 1 is 1.04 bits per heavy atom. The highest BCUT2D eigenvalue weighted by molar-refractivity contribution is 5.63. The number of hydrogen-bond acceptors (Lipinski definition) is 5. The smallest absolute Gasteiger partial charge is 0.251 e. The molecule has 0 saturated carbocycles. The van der Waals surface area contributed by atoms with E-state index >= 15 is 0 Å². The molecule has 0 spiro atoms. The molecule has 0 unspecified atom stereocenters. The van der Waals surface area contributed by atoms with Gasteiger partial charge in [-0.15, -0.1) is 5.10 Å². The van der Waals surface area contributed by atoms with Gasteiger partial charge in [0.2, 0.25) is 0 Å². The maximum atomic E-state index is 4.63. The molecule has 0 atom stereocenters. The summed E-state index contributed by atoms with van der Waals surface area (Å²) >= 11 is 0. The molecule has 0 bridgehead atoms. The summed E-state index contributed by atoms with van der Waals surface area (Å²) < 4.78 is 0. The van der Waals surface area contributed by atoms with Crippen LogP contribution >= 0.6 is 0 Å². The van der Waals surface area contributed by atoms with Crippen LogP contribution in [-0.2, 0) is 0 Å². The Labute approximate surface area is 142 Å². The van der Waals surface area contributed by atoms with Crippen LogP contribution in [0.25, 0.3) is 0 Å². The zero-order chi connectivity index (χ0) is 16.9. The van der Waals surface area contributed by atoms with Crippen LogP contribution in [0.1, 0.15) is 18.1 Å². The number of para-hydroxylation sites is 1. The summed E-state index contributed by atoms with van der Waals surface area (Å²) in [5, 5.41) is 11.6. The third-order valence-corrected chi connectivity index (χ3v) is 3.83. The SMILES string of the molecule is CCN(c1ccccc1)c1nncc(Nc2cc(C)ccc2C)n1. The van der Waals surface area contributed by atoms with Crippen molar-refractivity contribution in [2.75, 3.05) is 16.8 Å². The van der Waals surface area contributed by atoms with E-state index in [0.29, 0.717) is 11.8 Å². The third kappa shape index (κ3) is 3.51. The highest BCUT2D eigenvalue weighted by Crippen LogP contribution is 2.24. The van der Waals surface area contributed by atoms with Crippen LogP contribution in [0.3, 0.4) is 0 Å². The summed E-state index contributed by atoms with van der Waals surface area (Å²) in [5.41, 5.74) is 4.44. The van der Waals surface area contributed by atoms with Crippen molar-refractivity contribution >= 4 is 23.1 Å². The highest BCUT2D eigenvalue weighted by Gasteiger charge is 2.11. The van der Waals surface area contributed by atoms with Gasteiger partial charge in [0.05, 0.1) is 6.20 Å². The van der Waals surface area contributed by atoms with E-state index in [9.17, 15) is 0 Å². The van der Waals surface area contributed by atoms with Gasteiger partial charge in [0.15, 0.2) is 5.82 Å². The lowest BCUT2D eigenvalue weighted by Gasteiger charge is -2.20. The Kier molecular flexibility index (Phi) is 4.70. The van der Waals surface area contributed by atoms with Crippen LogP contribution < -0.4 is 10.2 Å². The van der Waals surface area contributed by atoms with Crippen LogP contribution in [0.2, 0.25) is 0 Å². The fourth-order valence-electron chi connectivity index (χ4n) is 2.52. The van der Waals surface area contributed by atoms with Crippen molar-refractivity contribution in [3.05, 3.63) is 65.9 Å². The van der Waals surface area contributed by atoms with Crippen LogP contribution in [0, 0.1) is 13.8 Å².